The Balaban J connectivity index is 2.37. The Labute approximate surface area is 119 Å². The third-order valence-corrected chi connectivity index (χ3v) is 3.71. The van der Waals surface area contributed by atoms with Gasteiger partial charge in [-0.2, -0.15) is 8.78 Å². The maximum Gasteiger partial charge on any atom is 0.288 e. The minimum atomic E-state index is -2.41. The number of aromatic amines is 1. The van der Waals surface area contributed by atoms with Crippen molar-refractivity contribution in [2.75, 3.05) is 0 Å². The highest BCUT2D eigenvalue weighted by Gasteiger charge is 2.08. The smallest absolute Gasteiger partial charge is 0.288 e. The van der Waals surface area contributed by atoms with Crippen LogP contribution in [0.1, 0.15) is 11.4 Å². The molecule has 6 heteroatoms. The van der Waals surface area contributed by atoms with E-state index in [4.69, 9.17) is 12.2 Å². The van der Waals surface area contributed by atoms with Crippen LogP contribution in [-0.4, -0.2) is 15.7 Å². The van der Waals surface area contributed by atoms with Crippen LogP contribution in [0.5, 0.6) is 0 Å². The summed E-state index contributed by atoms with van der Waals surface area (Å²) in [4.78, 5) is 8.05. The number of thioether (sulfide) groups is 1. The fraction of sp³-hybridized carbons (Fsp3) is 0.231. The molecule has 0 aliphatic heterocycles. The Morgan fingerprint density at radius 2 is 1.84 bits per heavy atom. The van der Waals surface area contributed by atoms with Crippen molar-refractivity contribution in [1.82, 2.24) is 9.97 Å². The van der Waals surface area contributed by atoms with Gasteiger partial charge in [0.05, 0.1) is 5.69 Å². The first kappa shape index (κ1) is 14.1. The molecule has 1 N–H and O–H groups in total. The third kappa shape index (κ3) is 3.39. The summed E-state index contributed by atoms with van der Waals surface area (Å²) >= 11 is 5.77. The van der Waals surface area contributed by atoms with E-state index >= 15 is 0 Å². The van der Waals surface area contributed by atoms with Crippen LogP contribution in [-0.2, 0) is 0 Å². The second kappa shape index (κ2) is 5.79. The zero-order valence-electron chi connectivity index (χ0n) is 10.4. The van der Waals surface area contributed by atoms with Gasteiger partial charge in [0.1, 0.15) is 10.3 Å². The van der Waals surface area contributed by atoms with E-state index in [-0.39, 0.29) is 0 Å². The predicted octanol–water partition coefficient (Wildman–Crippen LogP) is 4.74. The van der Waals surface area contributed by atoms with Crippen molar-refractivity contribution in [3.63, 3.8) is 0 Å². The Kier molecular flexibility index (Phi) is 4.31. The molecule has 0 amide bonds. The molecule has 1 aromatic carbocycles. The number of rotatable bonds is 3. The molecule has 0 aliphatic carbocycles. The molecule has 19 heavy (non-hydrogen) atoms. The standard InChI is InChI=1S/C13H12F2N2S2/c1-7-8(2)17-12(18)11(16-7)9-3-5-10(6-4-9)19-13(14)15/h3-6,13H,1-2H3,(H,17,18). The molecule has 0 atom stereocenters. The Bertz CT molecular complexity index is 636. The van der Waals surface area contributed by atoms with Gasteiger partial charge in [0.2, 0.25) is 0 Å². The van der Waals surface area contributed by atoms with Gasteiger partial charge in [0, 0.05) is 16.2 Å². The molecule has 0 fully saturated rings. The topological polar surface area (TPSA) is 28.7 Å². The lowest BCUT2D eigenvalue weighted by molar-refractivity contribution is 0.252. The highest BCUT2D eigenvalue weighted by molar-refractivity contribution is 7.99. The zero-order valence-corrected chi connectivity index (χ0v) is 12.0. The van der Waals surface area contributed by atoms with Crippen molar-refractivity contribution in [1.29, 1.82) is 0 Å². The van der Waals surface area contributed by atoms with Crippen LogP contribution >= 0.6 is 24.0 Å². The molecular formula is C13H12F2N2S2. The minimum Gasteiger partial charge on any atom is -0.347 e. The van der Waals surface area contributed by atoms with Crippen molar-refractivity contribution < 1.29 is 8.78 Å². The van der Waals surface area contributed by atoms with Gasteiger partial charge in [-0.15, -0.1) is 0 Å². The number of nitrogens with zero attached hydrogens (tertiary/aromatic N) is 1. The number of benzene rings is 1. The molecule has 0 saturated heterocycles. The van der Waals surface area contributed by atoms with Gasteiger partial charge in [0.25, 0.3) is 5.76 Å². The average Bonchev–Trinajstić information content (AvgIpc) is 2.34. The summed E-state index contributed by atoms with van der Waals surface area (Å²) < 4.78 is 25.0. The summed E-state index contributed by atoms with van der Waals surface area (Å²) in [6.45, 7) is 3.80. The van der Waals surface area contributed by atoms with Crippen LogP contribution in [0, 0.1) is 18.5 Å². The first-order valence-electron chi connectivity index (χ1n) is 5.60. The van der Waals surface area contributed by atoms with E-state index in [9.17, 15) is 8.78 Å². The molecule has 2 nitrogen and oxygen atoms in total. The molecule has 0 spiro atoms. The molecule has 0 aliphatic rings. The van der Waals surface area contributed by atoms with Crippen molar-refractivity contribution in [3.05, 3.63) is 40.3 Å². The first-order valence-corrected chi connectivity index (χ1v) is 6.89. The van der Waals surface area contributed by atoms with Crippen molar-refractivity contribution >= 4 is 24.0 Å². The molecule has 1 aromatic heterocycles. The largest absolute Gasteiger partial charge is 0.347 e. The van der Waals surface area contributed by atoms with Gasteiger partial charge in [-0.05, 0) is 26.0 Å². The van der Waals surface area contributed by atoms with Gasteiger partial charge in [-0.3, -0.25) is 0 Å². The van der Waals surface area contributed by atoms with E-state index in [2.05, 4.69) is 9.97 Å². The highest BCUT2D eigenvalue weighted by atomic mass is 32.2. The number of aromatic nitrogens is 2. The summed E-state index contributed by atoms with van der Waals surface area (Å²) in [7, 11) is 0. The van der Waals surface area contributed by atoms with Gasteiger partial charge >= 0.3 is 0 Å². The summed E-state index contributed by atoms with van der Waals surface area (Å²) in [5, 5.41) is 0. The molecule has 2 aromatic rings. The van der Waals surface area contributed by atoms with Crippen LogP contribution in [0.3, 0.4) is 0 Å². The lowest BCUT2D eigenvalue weighted by Gasteiger charge is -2.06. The predicted molar refractivity (Wildman–Crippen MR) is 76.2 cm³/mol. The van der Waals surface area contributed by atoms with Gasteiger partial charge in [-0.1, -0.05) is 36.1 Å². The molecule has 0 bridgehead atoms. The van der Waals surface area contributed by atoms with Crippen LogP contribution in [0.15, 0.2) is 29.2 Å². The summed E-state index contributed by atoms with van der Waals surface area (Å²) in [6, 6.07) is 6.81. The Morgan fingerprint density at radius 1 is 1.21 bits per heavy atom. The highest BCUT2D eigenvalue weighted by Crippen LogP contribution is 2.27. The third-order valence-electron chi connectivity index (χ3n) is 2.69. The van der Waals surface area contributed by atoms with Crippen LogP contribution in [0.25, 0.3) is 11.3 Å². The Morgan fingerprint density at radius 3 is 2.42 bits per heavy atom. The molecule has 0 unspecified atom stereocenters. The van der Waals surface area contributed by atoms with Crippen LogP contribution in [0.2, 0.25) is 0 Å². The van der Waals surface area contributed by atoms with Crippen LogP contribution < -0.4 is 0 Å². The number of H-pyrrole nitrogens is 1. The quantitative estimate of drug-likeness (QED) is 0.655. The number of hydrogen-bond acceptors (Lipinski definition) is 3. The van der Waals surface area contributed by atoms with E-state index in [0.717, 1.165) is 17.0 Å². The van der Waals surface area contributed by atoms with Gasteiger partial charge in [0.15, 0.2) is 0 Å². The summed E-state index contributed by atoms with van der Waals surface area (Å²) in [6.07, 6.45) is 0. The second-order valence-corrected chi connectivity index (χ2v) is 5.50. The molecule has 2 rings (SSSR count). The van der Waals surface area contributed by atoms with Gasteiger partial charge in [-0.25, -0.2) is 4.98 Å². The molecule has 1 heterocycles. The lowest BCUT2D eigenvalue weighted by Crippen LogP contribution is -1.96. The maximum atomic E-state index is 12.2. The fourth-order valence-electron chi connectivity index (χ4n) is 1.61. The number of alkyl halides is 2. The minimum absolute atomic E-state index is 0.525. The molecule has 0 saturated carbocycles. The Hall–Kier alpha value is -1.27. The molecule has 100 valence electrons. The SMILES string of the molecule is Cc1nc(-c2ccc(SC(F)F)cc2)c(=S)[nH]c1C. The zero-order chi connectivity index (χ0) is 14.0. The normalized spacial score (nSPS) is 11.0. The van der Waals surface area contributed by atoms with Gasteiger partial charge < -0.3 is 4.98 Å². The lowest BCUT2D eigenvalue weighted by atomic mass is 10.1. The fourth-order valence-corrected chi connectivity index (χ4v) is 2.43. The van der Waals surface area contributed by atoms with E-state index in [1.54, 1.807) is 24.3 Å². The first-order chi connectivity index (χ1) is 8.97. The molecule has 0 radical (unpaired) electrons. The van der Waals surface area contributed by atoms with Crippen molar-refractivity contribution in [2.24, 2.45) is 0 Å². The van der Waals surface area contributed by atoms with Crippen LogP contribution in [0.4, 0.5) is 8.78 Å². The monoisotopic (exact) mass is 298 g/mol. The van der Waals surface area contributed by atoms with E-state index in [1.807, 2.05) is 13.8 Å². The molecular weight excluding hydrogens is 286 g/mol. The number of nitrogens with one attached hydrogen (secondary N) is 1. The van der Waals surface area contributed by atoms with E-state index < -0.39 is 5.76 Å². The van der Waals surface area contributed by atoms with E-state index in [0.29, 0.717) is 27.0 Å². The van der Waals surface area contributed by atoms with E-state index in [1.165, 1.54) is 0 Å². The number of hydrogen-bond donors (Lipinski definition) is 1. The van der Waals surface area contributed by atoms with Crippen molar-refractivity contribution in [2.45, 2.75) is 24.5 Å². The second-order valence-electron chi connectivity index (χ2n) is 4.03. The number of halogens is 2. The van der Waals surface area contributed by atoms with Crippen molar-refractivity contribution in [3.8, 4) is 11.3 Å². The summed E-state index contributed by atoms with van der Waals surface area (Å²) in [5.41, 5.74) is 3.29. The summed E-state index contributed by atoms with van der Waals surface area (Å²) in [5.74, 6) is -2.41. The average molecular weight is 298 g/mol. The number of aryl methyl sites for hydroxylation is 2. The maximum absolute atomic E-state index is 12.2.